The molecule has 0 aliphatic carbocycles. The van der Waals surface area contributed by atoms with Crippen LogP contribution in [-0.4, -0.2) is 48.2 Å². The minimum absolute atomic E-state index is 0.119. The van der Waals surface area contributed by atoms with E-state index in [9.17, 15) is 23.9 Å². The number of H-pyrrole nitrogens is 1. The average molecular weight is 497 g/mol. The number of phosphoric acid groups is 2. The van der Waals surface area contributed by atoms with Gasteiger partial charge in [-0.1, -0.05) is 19.8 Å². The number of pyridine rings is 1. The highest BCUT2D eigenvalue weighted by molar-refractivity contribution is 7.60. The first-order valence-electron chi connectivity index (χ1n) is 9.79. The first kappa shape index (κ1) is 25.0. The predicted molar refractivity (Wildman–Crippen MR) is 110 cm³/mol. The minimum Gasteiger partial charge on any atom is -0.386 e. The van der Waals surface area contributed by atoms with Crippen LogP contribution >= 0.6 is 15.6 Å². The van der Waals surface area contributed by atoms with Crippen LogP contribution in [0.3, 0.4) is 0 Å². The molecule has 0 amide bonds. The topological polar surface area (TPSA) is 210 Å². The third-order valence-corrected chi connectivity index (χ3v) is 7.39. The maximum absolute atomic E-state index is 12.3. The molecule has 3 heterocycles. The van der Waals surface area contributed by atoms with Crippen molar-refractivity contribution in [3.05, 3.63) is 22.7 Å². The number of phosphoric ester groups is 1. The fourth-order valence-electron chi connectivity index (χ4n) is 3.91. The highest BCUT2D eigenvalue weighted by atomic mass is 31.3. The van der Waals surface area contributed by atoms with Crippen molar-refractivity contribution in [1.29, 1.82) is 0 Å². The lowest BCUT2D eigenvalue weighted by molar-refractivity contribution is -0.646. The number of nitrogens with one attached hydrogen (secondary N) is 1. The van der Waals surface area contributed by atoms with E-state index in [1.807, 2.05) is 6.92 Å². The van der Waals surface area contributed by atoms with Crippen molar-refractivity contribution < 1.29 is 47.1 Å². The monoisotopic (exact) mass is 497 g/mol. The summed E-state index contributed by atoms with van der Waals surface area (Å²) in [5.41, 5.74) is 6.05. The van der Waals surface area contributed by atoms with Crippen molar-refractivity contribution >= 4 is 32.5 Å². The zero-order chi connectivity index (χ0) is 23.8. The second-order valence-electron chi connectivity index (χ2n) is 7.62. The molecule has 0 radical (unpaired) electrons. The molecule has 14 nitrogen and oxygen atoms in total. The molecule has 1 aliphatic rings. The summed E-state index contributed by atoms with van der Waals surface area (Å²) in [7, 11) is -8.70. The van der Waals surface area contributed by atoms with Gasteiger partial charge in [0, 0.05) is 12.0 Å². The Morgan fingerprint density at radius 3 is 2.66 bits per heavy atom. The minimum atomic E-state index is -5.27. The summed E-state index contributed by atoms with van der Waals surface area (Å²) in [6.45, 7) is 1.39. The Labute approximate surface area is 182 Å². The van der Waals surface area contributed by atoms with Gasteiger partial charge in [-0.3, -0.25) is 9.32 Å². The fraction of sp³-hybridized carbons (Fsp3) is 0.625. The van der Waals surface area contributed by atoms with Crippen LogP contribution in [0.1, 0.15) is 32.4 Å². The van der Waals surface area contributed by atoms with Gasteiger partial charge in [0.1, 0.15) is 11.9 Å². The Balaban J connectivity index is 1.90. The number of nitrogen functional groups attached to an aromatic ring is 1. The van der Waals surface area contributed by atoms with Crippen molar-refractivity contribution in [3.63, 3.8) is 0 Å². The number of rotatable bonds is 9. The van der Waals surface area contributed by atoms with Gasteiger partial charge in [0.2, 0.25) is 18.1 Å². The highest BCUT2D eigenvalue weighted by Gasteiger charge is 2.48. The lowest BCUT2D eigenvalue weighted by Gasteiger charge is -2.20. The molecule has 1 unspecified atom stereocenters. The van der Waals surface area contributed by atoms with E-state index >= 15 is 0 Å². The maximum Gasteiger partial charge on any atom is 0.481 e. The van der Waals surface area contributed by atoms with Crippen LogP contribution in [0.25, 0.3) is 11.0 Å². The van der Waals surface area contributed by atoms with Gasteiger partial charge in [-0.25, -0.2) is 13.7 Å². The smallest absolute Gasteiger partial charge is 0.386 e. The summed E-state index contributed by atoms with van der Waals surface area (Å²) >= 11 is 0. The quantitative estimate of drug-likeness (QED) is 0.201. The Kier molecular flexibility index (Phi) is 7.30. The first-order chi connectivity index (χ1) is 14.8. The molecular formula is C16H27N4O10P2+. The Morgan fingerprint density at radius 1 is 1.34 bits per heavy atom. The second kappa shape index (κ2) is 9.34. The van der Waals surface area contributed by atoms with Crippen LogP contribution in [-0.2, 0) is 29.7 Å². The van der Waals surface area contributed by atoms with Gasteiger partial charge in [-0.05, 0) is 6.42 Å². The SMILES string of the molecule is CCCC[C@H]1[C@@H](O)[C@H](n2c[n+](C)c3c(=O)[nH]c(N)cc32)O[C@@H]1COP(=O)(O)OP(=O)(O)O. The standard InChI is InChI=1S/C16H26N4O10P2/c1-3-4-5-9-11(7-28-32(26,27)30-31(23,24)25)29-16(14(9)21)20-8-19(2)13-10(20)6-12(17)18-15(13)22/h6,8-9,11,14,16,21H,3-5,7H2,1-2H3,(H5-,17,18,22,23,24,25,26,27)/p+1/t9-,11-,14-,16-/m1/s1. The van der Waals surface area contributed by atoms with Crippen molar-refractivity contribution in [3.8, 4) is 0 Å². The molecule has 32 heavy (non-hydrogen) atoms. The predicted octanol–water partition coefficient (Wildman–Crippen LogP) is 0.0273. The van der Waals surface area contributed by atoms with Crippen LogP contribution in [0.2, 0.25) is 0 Å². The number of aryl methyl sites for hydroxylation is 1. The zero-order valence-corrected chi connectivity index (χ0v) is 19.2. The zero-order valence-electron chi connectivity index (χ0n) is 17.4. The van der Waals surface area contributed by atoms with E-state index in [2.05, 4.69) is 9.29 Å². The number of nitrogens with zero attached hydrogens (tertiary/aromatic N) is 2. The van der Waals surface area contributed by atoms with Gasteiger partial charge in [0.05, 0.1) is 19.8 Å². The third-order valence-electron chi connectivity index (χ3n) is 5.24. The largest absolute Gasteiger partial charge is 0.481 e. The number of unbranched alkanes of at least 4 members (excludes halogenated alkanes) is 1. The molecule has 0 bridgehead atoms. The Morgan fingerprint density at radius 2 is 2.03 bits per heavy atom. The summed E-state index contributed by atoms with van der Waals surface area (Å²) in [5, 5.41) is 11.0. The second-order valence-corrected chi connectivity index (χ2v) is 10.4. The van der Waals surface area contributed by atoms with Gasteiger partial charge in [0.25, 0.3) is 0 Å². The fourth-order valence-corrected chi connectivity index (χ4v) is 5.51. The van der Waals surface area contributed by atoms with Crippen LogP contribution < -0.4 is 15.9 Å². The third kappa shape index (κ3) is 5.48. The van der Waals surface area contributed by atoms with E-state index in [1.54, 1.807) is 17.9 Å². The maximum atomic E-state index is 12.3. The van der Waals surface area contributed by atoms with E-state index in [4.69, 9.17) is 24.8 Å². The summed E-state index contributed by atoms with van der Waals surface area (Å²) < 4.78 is 40.3. The molecule has 0 aromatic carbocycles. The number of imidazole rings is 1. The van der Waals surface area contributed by atoms with Crippen LogP contribution in [0.5, 0.6) is 0 Å². The molecular weight excluding hydrogens is 470 g/mol. The molecule has 0 saturated carbocycles. The first-order valence-corrected chi connectivity index (χ1v) is 12.8. The molecule has 2 aromatic heterocycles. The number of nitrogens with two attached hydrogens (primary N) is 1. The number of aromatic nitrogens is 3. The Hall–Kier alpha value is -1.60. The van der Waals surface area contributed by atoms with Gasteiger partial charge in [0.15, 0.2) is 5.52 Å². The molecule has 5 atom stereocenters. The molecule has 16 heteroatoms. The van der Waals surface area contributed by atoms with Gasteiger partial charge in [-0.15, -0.1) is 0 Å². The molecule has 0 spiro atoms. The molecule has 1 saturated heterocycles. The van der Waals surface area contributed by atoms with Crippen molar-refractivity contribution in [1.82, 2.24) is 9.55 Å². The number of ether oxygens (including phenoxy) is 1. The number of hydrogen-bond acceptors (Lipinski definition) is 8. The average Bonchev–Trinajstić information content (AvgIpc) is 3.13. The molecule has 7 N–H and O–H groups in total. The number of hydrogen-bond donors (Lipinski definition) is 6. The number of anilines is 1. The number of fused-ring (bicyclic) bond motifs is 1. The van der Waals surface area contributed by atoms with Gasteiger partial charge >= 0.3 is 21.2 Å². The van der Waals surface area contributed by atoms with E-state index in [-0.39, 0.29) is 5.82 Å². The van der Waals surface area contributed by atoms with Crippen LogP contribution in [0.4, 0.5) is 5.82 Å². The van der Waals surface area contributed by atoms with E-state index in [1.165, 1.54) is 10.6 Å². The van der Waals surface area contributed by atoms with Crippen LogP contribution in [0, 0.1) is 5.92 Å². The molecule has 3 rings (SSSR count). The van der Waals surface area contributed by atoms with Crippen molar-refractivity contribution in [2.45, 2.75) is 44.6 Å². The van der Waals surface area contributed by atoms with Crippen molar-refractivity contribution in [2.24, 2.45) is 13.0 Å². The number of aromatic amines is 1. The Bertz CT molecular complexity index is 1130. The van der Waals surface area contributed by atoms with Gasteiger partial charge < -0.3 is 35.2 Å². The lowest BCUT2D eigenvalue weighted by atomic mass is 9.92. The van der Waals surface area contributed by atoms with Crippen molar-refractivity contribution in [2.75, 3.05) is 12.3 Å². The summed E-state index contributed by atoms with van der Waals surface area (Å²) in [6.07, 6.45) is 0.630. The van der Waals surface area contributed by atoms with Crippen LogP contribution in [0.15, 0.2) is 17.2 Å². The normalized spacial score (nSPS) is 25.9. The molecule has 1 fully saturated rings. The van der Waals surface area contributed by atoms with E-state index in [0.717, 1.165) is 12.8 Å². The lowest BCUT2D eigenvalue weighted by Crippen LogP contribution is -2.31. The summed E-state index contributed by atoms with van der Waals surface area (Å²) in [6, 6.07) is 1.52. The number of aliphatic hydroxyl groups is 1. The van der Waals surface area contributed by atoms with E-state index in [0.29, 0.717) is 17.5 Å². The molecule has 2 aromatic rings. The number of aliphatic hydroxyl groups excluding tert-OH is 1. The highest BCUT2D eigenvalue weighted by Crippen LogP contribution is 2.58. The summed E-state index contributed by atoms with van der Waals surface area (Å²) in [5.74, 6) is -0.412. The van der Waals surface area contributed by atoms with Gasteiger partial charge in [-0.2, -0.15) is 8.88 Å². The van der Waals surface area contributed by atoms with E-state index < -0.39 is 52.2 Å². The summed E-state index contributed by atoms with van der Waals surface area (Å²) in [4.78, 5) is 41.9. The molecule has 1 aliphatic heterocycles. The molecule has 180 valence electrons.